The lowest BCUT2D eigenvalue weighted by Crippen LogP contribution is -2.49. The van der Waals surface area contributed by atoms with E-state index in [2.05, 4.69) is 70.0 Å². The number of methoxy groups -OCH3 is 1. The van der Waals surface area contributed by atoms with Crippen LogP contribution in [0.25, 0.3) is 10.9 Å². The van der Waals surface area contributed by atoms with E-state index in [0.29, 0.717) is 52.5 Å². The number of amides is 2. The van der Waals surface area contributed by atoms with Crippen LogP contribution in [0.2, 0.25) is 5.02 Å². The molecule has 3 aromatic carbocycles. The summed E-state index contributed by atoms with van der Waals surface area (Å²) in [7, 11) is 1.65. The van der Waals surface area contributed by atoms with E-state index in [0.717, 1.165) is 80.9 Å². The molecule has 0 bridgehead atoms. The number of rotatable bonds is 11. The largest absolute Gasteiger partial charge is 0.494 e. The third-order valence-corrected chi connectivity index (χ3v) is 11.3. The molecule has 290 valence electrons. The molecule has 2 aromatic heterocycles. The number of benzene rings is 3. The first kappa shape index (κ1) is 37.2. The van der Waals surface area contributed by atoms with Crippen LogP contribution >= 0.6 is 11.6 Å². The lowest BCUT2D eigenvalue weighted by atomic mass is 9.95. The molecule has 5 heterocycles. The van der Waals surface area contributed by atoms with Crippen molar-refractivity contribution in [3.8, 4) is 5.75 Å². The Bertz CT molecular complexity index is 2260. The van der Waals surface area contributed by atoms with Gasteiger partial charge in [-0.3, -0.25) is 29.3 Å². The van der Waals surface area contributed by atoms with Crippen molar-refractivity contribution in [1.29, 1.82) is 0 Å². The average molecular weight is 777 g/mol. The number of nitrogens with zero attached hydrogens (tertiary/aromatic N) is 7. The number of anilines is 6. The van der Waals surface area contributed by atoms with Crippen molar-refractivity contribution in [2.24, 2.45) is 5.92 Å². The molecule has 3 fully saturated rings. The van der Waals surface area contributed by atoms with Crippen LogP contribution < -0.4 is 30.5 Å². The van der Waals surface area contributed by atoms with Crippen LogP contribution in [-0.2, 0) is 9.59 Å². The summed E-state index contributed by atoms with van der Waals surface area (Å²) in [6, 6.07) is 19.2. The second-order valence-electron chi connectivity index (χ2n) is 14.7. The molecule has 3 N–H and O–H groups in total. The van der Waals surface area contributed by atoms with E-state index in [1.165, 1.54) is 18.8 Å². The molecular weight excluding hydrogens is 732 g/mol. The molecule has 3 aliphatic rings. The van der Waals surface area contributed by atoms with Crippen molar-refractivity contribution >= 4 is 74.6 Å². The Morgan fingerprint density at radius 1 is 0.911 bits per heavy atom. The minimum absolute atomic E-state index is 0.0618. The number of carbonyl (C=O) groups excluding carboxylic acids is 3. The zero-order chi connectivity index (χ0) is 38.8. The van der Waals surface area contributed by atoms with E-state index in [4.69, 9.17) is 16.3 Å². The van der Waals surface area contributed by atoms with Gasteiger partial charge in [-0.25, -0.2) is 4.98 Å². The molecule has 56 heavy (non-hydrogen) atoms. The number of ether oxygens (including phenoxy) is 1. The van der Waals surface area contributed by atoms with Gasteiger partial charge in [-0.2, -0.15) is 10.1 Å². The van der Waals surface area contributed by atoms with Gasteiger partial charge in [0.2, 0.25) is 11.9 Å². The number of nitrogens with one attached hydrogen (secondary N) is 3. The quantitative estimate of drug-likeness (QED) is 0.104. The number of ketones is 1. The lowest BCUT2D eigenvalue weighted by molar-refractivity contribution is -0.135. The third-order valence-electron chi connectivity index (χ3n) is 11.0. The molecule has 15 heteroatoms. The molecule has 0 radical (unpaired) electrons. The van der Waals surface area contributed by atoms with E-state index < -0.39 is 6.04 Å². The smallest absolute Gasteiger partial charge is 0.251 e. The molecule has 1 unspecified atom stereocenters. The van der Waals surface area contributed by atoms with E-state index in [1.807, 2.05) is 36.5 Å². The molecule has 3 saturated heterocycles. The average Bonchev–Trinajstić information content (AvgIpc) is 3.63. The Morgan fingerprint density at radius 2 is 1.66 bits per heavy atom. The maximum Gasteiger partial charge on any atom is 0.251 e. The number of carbonyl (C=O) groups is 3. The summed E-state index contributed by atoms with van der Waals surface area (Å²) < 4.78 is 7.50. The van der Waals surface area contributed by atoms with Crippen LogP contribution in [0.4, 0.5) is 34.5 Å². The summed E-state index contributed by atoms with van der Waals surface area (Å²) in [6.07, 6.45) is 6.48. The van der Waals surface area contributed by atoms with E-state index in [9.17, 15) is 14.4 Å². The maximum absolute atomic E-state index is 12.4. The molecule has 8 rings (SSSR count). The minimum atomic E-state index is -0.454. The van der Waals surface area contributed by atoms with Crippen LogP contribution in [0, 0.1) is 5.92 Å². The monoisotopic (exact) mass is 776 g/mol. The van der Waals surface area contributed by atoms with E-state index in [-0.39, 0.29) is 17.6 Å². The summed E-state index contributed by atoms with van der Waals surface area (Å²) >= 11 is 6.43. The predicted octanol–water partition coefficient (Wildman–Crippen LogP) is 6.19. The fraction of sp³-hybridized carbons (Fsp3) is 0.366. The lowest BCUT2D eigenvalue weighted by Gasteiger charge is -2.40. The summed E-state index contributed by atoms with van der Waals surface area (Å²) in [5.74, 6) is 1.47. The first-order chi connectivity index (χ1) is 27.2. The number of piperazine rings is 1. The van der Waals surface area contributed by atoms with Crippen LogP contribution in [0.5, 0.6) is 5.75 Å². The molecule has 14 nitrogen and oxygen atoms in total. The number of piperidine rings is 2. The first-order valence-electron chi connectivity index (χ1n) is 19.1. The molecular formula is C41H45ClN10O4. The van der Waals surface area contributed by atoms with Crippen molar-refractivity contribution in [3.05, 3.63) is 83.6 Å². The molecule has 1 atom stereocenters. The number of aromatic nitrogens is 4. The van der Waals surface area contributed by atoms with E-state index >= 15 is 0 Å². The van der Waals surface area contributed by atoms with E-state index in [1.54, 1.807) is 17.9 Å². The Hall–Kier alpha value is -5.73. The van der Waals surface area contributed by atoms with Crippen molar-refractivity contribution in [3.63, 3.8) is 0 Å². The number of hydrogen-bond donors (Lipinski definition) is 3. The van der Waals surface area contributed by atoms with Crippen LogP contribution in [0.15, 0.2) is 73.1 Å². The van der Waals surface area contributed by atoms with Crippen molar-refractivity contribution < 1.29 is 19.1 Å². The van der Waals surface area contributed by atoms with Gasteiger partial charge in [0.05, 0.1) is 30.2 Å². The molecule has 5 aromatic rings. The highest BCUT2D eigenvalue weighted by Crippen LogP contribution is 2.35. The molecule has 0 saturated carbocycles. The normalized spacial score (nSPS) is 18.2. The number of Topliss-reactive ketones (excluding diaryl/α,β-unsaturated/α-hetero) is 1. The van der Waals surface area contributed by atoms with Gasteiger partial charge in [0.25, 0.3) is 5.91 Å². The highest BCUT2D eigenvalue weighted by molar-refractivity contribution is 6.33. The van der Waals surface area contributed by atoms with Gasteiger partial charge >= 0.3 is 0 Å². The zero-order valence-electron chi connectivity index (χ0n) is 31.5. The number of para-hydroxylation sites is 1. The summed E-state index contributed by atoms with van der Waals surface area (Å²) in [4.78, 5) is 52.5. The Balaban J connectivity index is 0.828. The van der Waals surface area contributed by atoms with Crippen molar-refractivity contribution in [2.75, 3.05) is 73.4 Å². The molecule has 0 spiro atoms. The number of halogens is 1. The van der Waals surface area contributed by atoms with Gasteiger partial charge in [0, 0.05) is 86.8 Å². The standard InChI is InChI=1S/C41H45ClN10O4/c1-26(53)31-5-3-4-6-34(31)44-39-32(42)23-43-41(47-39)45-35-10-8-30(22-37(35)56-2)50-15-13-27(14-16-50)24-49-17-19-51(20-18-49)29-7-9-33-28(21-29)25-52(48-33)36-11-12-38(54)46-40(36)55/h3-10,21-23,25,27,36H,11-20,24H2,1-2H3,(H,46,54,55)(H2,43,44,45,47). The van der Waals surface area contributed by atoms with Crippen molar-refractivity contribution in [2.45, 2.75) is 38.6 Å². The SMILES string of the molecule is COc1cc(N2CCC(CN3CCN(c4ccc5nn(C6CCC(=O)NC6=O)cc5c4)CC3)CC2)ccc1Nc1ncc(Cl)c(Nc2ccccc2C(C)=O)n1. The van der Waals surface area contributed by atoms with Gasteiger partial charge in [-0.15, -0.1) is 0 Å². The summed E-state index contributed by atoms with van der Waals surface area (Å²) in [5, 5.41) is 14.8. The van der Waals surface area contributed by atoms with Crippen LogP contribution in [0.1, 0.15) is 49.0 Å². The molecule has 0 aliphatic carbocycles. The maximum atomic E-state index is 12.4. The molecule has 3 aliphatic heterocycles. The highest BCUT2D eigenvalue weighted by atomic mass is 35.5. The zero-order valence-corrected chi connectivity index (χ0v) is 32.3. The second-order valence-corrected chi connectivity index (χ2v) is 15.1. The van der Waals surface area contributed by atoms with Gasteiger partial charge in [0.15, 0.2) is 11.6 Å². The van der Waals surface area contributed by atoms with Gasteiger partial charge < -0.3 is 25.2 Å². The number of fused-ring (bicyclic) bond motifs is 1. The Morgan fingerprint density at radius 3 is 2.43 bits per heavy atom. The topological polar surface area (TPSA) is 150 Å². The Kier molecular flexibility index (Phi) is 10.7. The fourth-order valence-electron chi connectivity index (χ4n) is 7.89. The second kappa shape index (κ2) is 16.2. The fourth-order valence-corrected chi connectivity index (χ4v) is 8.03. The van der Waals surface area contributed by atoms with Crippen molar-refractivity contribution in [1.82, 2.24) is 30.0 Å². The molecule has 2 amide bonds. The van der Waals surface area contributed by atoms with Crippen LogP contribution in [0.3, 0.4) is 0 Å². The summed E-state index contributed by atoms with van der Waals surface area (Å²) in [6.45, 7) is 8.52. The van der Waals surface area contributed by atoms with Gasteiger partial charge in [0.1, 0.15) is 16.8 Å². The first-order valence-corrected chi connectivity index (χ1v) is 19.5. The number of imide groups is 1. The van der Waals surface area contributed by atoms with Crippen LogP contribution in [-0.4, -0.2) is 95.2 Å². The highest BCUT2D eigenvalue weighted by Gasteiger charge is 2.29. The predicted molar refractivity (Wildman–Crippen MR) is 218 cm³/mol. The third kappa shape index (κ3) is 8.12. The number of hydrogen-bond acceptors (Lipinski definition) is 12. The van der Waals surface area contributed by atoms with Gasteiger partial charge in [-0.05, 0) is 74.6 Å². The van der Waals surface area contributed by atoms with Gasteiger partial charge in [-0.1, -0.05) is 23.7 Å². The Labute approximate surface area is 330 Å². The minimum Gasteiger partial charge on any atom is -0.494 e. The summed E-state index contributed by atoms with van der Waals surface area (Å²) in [5.41, 5.74) is 5.01.